The minimum Gasteiger partial charge on any atom is -0.437 e. The molecule has 5 aromatic rings. The molecule has 5 rings (SSSR count). The Morgan fingerprint density at radius 2 is 1.69 bits per heavy atom. The highest BCUT2D eigenvalue weighted by atomic mass is 19.4. The Labute approximate surface area is 243 Å². The zero-order chi connectivity index (χ0) is 30.1. The second-order valence-corrected chi connectivity index (χ2v) is 11.5. The zero-order valence-corrected chi connectivity index (χ0v) is 24.3. The molecule has 0 aliphatic heterocycles. The molecule has 218 valence electrons. The van der Waals surface area contributed by atoms with E-state index in [1.165, 1.54) is 12.1 Å². The number of ether oxygens (including phenoxy) is 1. The second kappa shape index (κ2) is 11.5. The third-order valence-electron chi connectivity index (χ3n) is 7.29. The summed E-state index contributed by atoms with van der Waals surface area (Å²) in [5, 5.41) is 3.31. The first-order valence-electron chi connectivity index (χ1n) is 13.7. The maximum Gasteiger partial charge on any atom is 0.416 e. The quantitative estimate of drug-likeness (QED) is 0.194. The van der Waals surface area contributed by atoms with Gasteiger partial charge in [0.1, 0.15) is 11.4 Å². The summed E-state index contributed by atoms with van der Waals surface area (Å²) in [6.07, 6.45) is -2.65. The van der Waals surface area contributed by atoms with Crippen LogP contribution in [0.2, 0.25) is 0 Å². The predicted molar refractivity (Wildman–Crippen MR) is 160 cm³/mol. The fourth-order valence-electron chi connectivity index (χ4n) is 4.80. The molecule has 0 fully saturated rings. The van der Waals surface area contributed by atoms with E-state index < -0.39 is 11.7 Å². The van der Waals surface area contributed by atoms with E-state index in [0.717, 1.165) is 45.6 Å². The molecule has 1 unspecified atom stereocenters. The van der Waals surface area contributed by atoms with E-state index in [1.807, 2.05) is 55.6 Å². The van der Waals surface area contributed by atoms with E-state index in [2.05, 4.69) is 53.9 Å². The highest BCUT2D eigenvalue weighted by molar-refractivity contribution is 5.79. The normalized spacial score (nSPS) is 13.0. The Bertz CT molecular complexity index is 1670. The Balaban J connectivity index is 1.32. The summed E-state index contributed by atoms with van der Waals surface area (Å²) in [6, 6.07) is 23.0. The topological polar surface area (TPSA) is 66.1 Å². The standard InChI is InChI=1S/C33H34F3N5O/c1-21(41(5)20-22-12-15-24(16-13-22)33(34,35)36)23-14-17-26-28(19-23)40-31(38-26)39-27-10-8-18-37-30(27)42-29-11-7-6-9-25(29)32(2,3)4/h6-19,21H,20H2,1-5H3,(H2,38,39,40). The second-order valence-electron chi connectivity index (χ2n) is 11.5. The maximum absolute atomic E-state index is 12.9. The predicted octanol–water partition coefficient (Wildman–Crippen LogP) is 9.00. The van der Waals surface area contributed by atoms with Crippen molar-refractivity contribution in [2.75, 3.05) is 12.4 Å². The number of aromatic nitrogens is 3. The molecule has 2 heterocycles. The summed E-state index contributed by atoms with van der Waals surface area (Å²) in [6.45, 7) is 9.00. The molecular formula is C33H34F3N5O. The first-order valence-corrected chi connectivity index (χ1v) is 13.7. The van der Waals surface area contributed by atoms with Gasteiger partial charge in [0.2, 0.25) is 11.8 Å². The highest BCUT2D eigenvalue weighted by Crippen LogP contribution is 2.36. The lowest BCUT2D eigenvalue weighted by Gasteiger charge is -2.25. The number of halogens is 3. The summed E-state index contributed by atoms with van der Waals surface area (Å²) >= 11 is 0. The molecule has 0 saturated heterocycles. The number of imidazole rings is 1. The third kappa shape index (κ3) is 6.57. The maximum atomic E-state index is 12.9. The Kier molecular flexibility index (Phi) is 7.97. The molecule has 0 amide bonds. The van der Waals surface area contributed by atoms with Crippen LogP contribution in [-0.4, -0.2) is 26.9 Å². The molecule has 2 N–H and O–H groups in total. The molecule has 2 aromatic heterocycles. The molecule has 0 aliphatic carbocycles. The molecule has 3 aromatic carbocycles. The number of alkyl halides is 3. The minimum atomic E-state index is -4.34. The van der Waals surface area contributed by atoms with E-state index in [1.54, 1.807) is 6.20 Å². The van der Waals surface area contributed by atoms with Crippen LogP contribution < -0.4 is 10.1 Å². The SMILES string of the molecule is CC(c1ccc2nc(Nc3cccnc3Oc3ccccc3C(C)(C)C)[nH]c2c1)N(C)Cc1ccc(C(F)(F)F)cc1. The molecule has 9 heteroatoms. The van der Waals surface area contributed by atoms with E-state index in [4.69, 9.17) is 9.72 Å². The van der Waals surface area contributed by atoms with E-state index >= 15 is 0 Å². The van der Waals surface area contributed by atoms with Crippen molar-refractivity contribution in [1.29, 1.82) is 0 Å². The van der Waals surface area contributed by atoms with E-state index in [0.29, 0.717) is 24.1 Å². The number of nitrogens with one attached hydrogen (secondary N) is 2. The summed E-state index contributed by atoms with van der Waals surface area (Å²) in [5.41, 5.74) is 4.52. The molecule has 0 aliphatic rings. The Morgan fingerprint density at radius 1 is 0.952 bits per heavy atom. The molecular weight excluding hydrogens is 539 g/mol. The van der Waals surface area contributed by atoms with Crippen molar-refractivity contribution < 1.29 is 17.9 Å². The molecule has 0 bridgehead atoms. The number of anilines is 2. The molecule has 0 radical (unpaired) electrons. The van der Waals surface area contributed by atoms with Crippen LogP contribution in [0.25, 0.3) is 11.0 Å². The molecule has 42 heavy (non-hydrogen) atoms. The smallest absolute Gasteiger partial charge is 0.416 e. The van der Waals surface area contributed by atoms with Gasteiger partial charge in [0.25, 0.3) is 0 Å². The zero-order valence-electron chi connectivity index (χ0n) is 24.3. The fourth-order valence-corrected chi connectivity index (χ4v) is 4.80. The minimum absolute atomic E-state index is 0.0117. The molecule has 1 atom stereocenters. The number of hydrogen-bond acceptors (Lipinski definition) is 5. The Hall–Kier alpha value is -4.37. The number of aromatic amines is 1. The van der Waals surface area contributed by atoms with Crippen molar-refractivity contribution in [3.05, 3.63) is 107 Å². The number of pyridine rings is 1. The van der Waals surface area contributed by atoms with Crippen molar-refractivity contribution in [2.24, 2.45) is 0 Å². The van der Waals surface area contributed by atoms with Crippen molar-refractivity contribution in [1.82, 2.24) is 19.9 Å². The van der Waals surface area contributed by atoms with Gasteiger partial charge in [0.15, 0.2) is 0 Å². The number of rotatable bonds is 8. The van der Waals surface area contributed by atoms with Crippen LogP contribution in [0.15, 0.2) is 85.1 Å². The van der Waals surface area contributed by atoms with Gasteiger partial charge < -0.3 is 15.0 Å². The first kappa shape index (κ1) is 29.1. The summed E-state index contributed by atoms with van der Waals surface area (Å²) in [4.78, 5) is 14.6. The first-order chi connectivity index (χ1) is 19.9. The van der Waals surface area contributed by atoms with Gasteiger partial charge in [-0.1, -0.05) is 57.2 Å². The van der Waals surface area contributed by atoms with E-state index in [9.17, 15) is 13.2 Å². The van der Waals surface area contributed by atoms with Crippen LogP contribution >= 0.6 is 0 Å². The third-order valence-corrected chi connectivity index (χ3v) is 7.29. The van der Waals surface area contributed by atoms with Crippen LogP contribution in [0.1, 0.15) is 56.0 Å². The van der Waals surface area contributed by atoms with Crippen LogP contribution in [0.4, 0.5) is 24.8 Å². The average Bonchev–Trinajstić information content (AvgIpc) is 3.35. The lowest BCUT2D eigenvalue weighted by molar-refractivity contribution is -0.137. The van der Waals surface area contributed by atoms with Gasteiger partial charge in [-0.3, -0.25) is 4.90 Å². The monoisotopic (exact) mass is 573 g/mol. The van der Waals surface area contributed by atoms with Gasteiger partial charge in [-0.05, 0) is 73.0 Å². The fraction of sp³-hybridized carbons (Fsp3) is 0.273. The van der Waals surface area contributed by atoms with Crippen LogP contribution in [-0.2, 0) is 18.1 Å². The van der Waals surface area contributed by atoms with Gasteiger partial charge in [0.05, 0.1) is 16.6 Å². The number of para-hydroxylation sites is 1. The number of benzene rings is 3. The van der Waals surface area contributed by atoms with E-state index in [-0.39, 0.29) is 11.5 Å². The molecule has 0 spiro atoms. The number of fused-ring (bicyclic) bond motifs is 1. The van der Waals surface area contributed by atoms with Gasteiger partial charge in [-0.2, -0.15) is 13.2 Å². The lowest BCUT2D eigenvalue weighted by atomic mass is 9.86. The van der Waals surface area contributed by atoms with Gasteiger partial charge >= 0.3 is 6.18 Å². The van der Waals surface area contributed by atoms with Gasteiger partial charge in [-0.15, -0.1) is 0 Å². The largest absolute Gasteiger partial charge is 0.437 e. The highest BCUT2D eigenvalue weighted by Gasteiger charge is 2.30. The number of H-pyrrole nitrogens is 1. The van der Waals surface area contributed by atoms with Crippen molar-refractivity contribution in [3.8, 4) is 11.6 Å². The van der Waals surface area contributed by atoms with Crippen molar-refractivity contribution in [2.45, 2.75) is 51.9 Å². The Morgan fingerprint density at radius 3 is 2.40 bits per heavy atom. The summed E-state index contributed by atoms with van der Waals surface area (Å²) in [5.74, 6) is 1.74. The van der Waals surface area contributed by atoms with Gasteiger partial charge in [-0.25, -0.2) is 9.97 Å². The van der Waals surface area contributed by atoms with Crippen molar-refractivity contribution >= 4 is 22.7 Å². The lowest BCUT2D eigenvalue weighted by Crippen LogP contribution is -2.22. The number of nitrogens with zero attached hydrogens (tertiary/aromatic N) is 3. The molecule has 6 nitrogen and oxygen atoms in total. The van der Waals surface area contributed by atoms with Crippen LogP contribution in [0.3, 0.4) is 0 Å². The number of hydrogen-bond donors (Lipinski definition) is 2. The van der Waals surface area contributed by atoms with Crippen molar-refractivity contribution in [3.63, 3.8) is 0 Å². The molecule has 0 saturated carbocycles. The average molecular weight is 574 g/mol. The van der Waals surface area contributed by atoms with Gasteiger partial charge in [0, 0.05) is 24.3 Å². The van der Waals surface area contributed by atoms with Crippen LogP contribution in [0, 0.1) is 0 Å². The van der Waals surface area contributed by atoms with Crippen LogP contribution in [0.5, 0.6) is 11.6 Å². The summed E-state index contributed by atoms with van der Waals surface area (Å²) < 4.78 is 45.0. The summed E-state index contributed by atoms with van der Waals surface area (Å²) in [7, 11) is 1.95.